The first-order valence-electron chi connectivity index (χ1n) is 9.29. The second kappa shape index (κ2) is 8.01. The normalized spacial score (nSPS) is 23.5. The molecule has 3 atom stereocenters. The first-order chi connectivity index (χ1) is 11.1. The van der Waals surface area contributed by atoms with E-state index in [1.807, 2.05) is 13.0 Å². The van der Waals surface area contributed by atoms with Crippen LogP contribution in [0.2, 0.25) is 0 Å². The van der Waals surface area contributed by atoms with Gasteiger partial charge in [0.05, 0.1) is 17.9 Å². The second-order valence-corrected chi connectivity index (χ2v) is 8.24. The van der Waals surface area contributed by atoms with Crippen LogP contribution in [-0.4, -0.2) is 47.7 Å². The van der Waals surface area contributed by atoms with Crippen molar-refractivity contribution in [3.8, 4) is 0 Å². The second-order valence-electron chi connectivity index (χ2n) is 8.24. The summed E-state index contributed by atoms with van der Waals surface area (Å²) in [6, 6.07) is 0.269. The fourth-order valence-corrected chi connectivity index (χ4v) is 3.74. The molecule has 0 aromatic heterocycles. The molecule has 0 amide bonds. The third-order valence-corrected chi connectivity index (χ3v) is 6.45. The minimum absolute atomic E-state index is 0.103. The van der Waals surface area contributed by atoms with Crippen LogP contribution in [0, 0.1) is 10.8 Å². The minimum Gasteiger partial charge on any atom is -0.386 e. The van der Waals surface area contributed by atoms with E-state index in [0.29, 0.717) is 0 Å². The molecule has 0 unspecified atom stereocenters. The molecule has 0 aromatic rings. The van der Waals surface area contributed by atoms with E-state index in [-0.39, 0.29) is 17.1 Å². The Morgan fingerprint density at radius 2 is 1.88 bits per heavy atom. The van der Waals surface area contributed by atoms with Crippen molar-refractivity contribution in [3.05, 3.63) is 12.7 Å². The average Bonchev–Trinajstić information content (AvgIpc) is 3.02. The van der Waals surface area contributed by atoms with Gasteiger partial charge in [0.25, 0.3) is 0 Å². The van der Waals surface area contributed by atoms with Crippen molar-refractivity contribution < 1.29 is 9.84 Å². The molecule has 0 bridgehead atoms. The highest BCUT2D eigenvalue weighted by Gasteiger charge is 2.43. The van der Waals surface area contributed by atoms with Gasteiger partial charge in [-0.25, -0.2) is 0 Å². The van der Waals surface area contributed by atoms with E-state index >= 15 is 0 Å². The quantitative estimate of drug-likeness (QED) is 0.532. The summed E-state index contributed by atoms with van der Waals surface area (Å²) in [5.41, 5.74) is -0.697. The zero-order valence-corrected chi connectivity index (χ0v) is 16.8. The molecule has 1 aliphatic rings. The maximum atomic E-state index is 10.7. The Balaban J connectivity index is 2.98. The summed E-state index contributed by atoms with van der Waals surface area (Å²) in [5, 5.41) is 17.5. The molecule has 1 heterocycles. The molecule has 1 fully saturated rings. The van der Waals surface area contributed by atoms with Crippen molar-refractivity contribution in [3.63, 3.8) is 0 Å². The van der Waals surface area contributed by atoms with Crippen LogP contribution in [0.25, 0.3) is 0 Å². The minimum atomic E-state index is -0.670. The highest BCUT2D eigenvalue weighted by Crippen LogP contribution is 2.42. The standard InChI is InChI=1S/C20H38N2O2/c1-9-19(7,18(4,5)6)17(23)15-21-22-14-12-13-16(22)20(10-2,11-3)24-8/h9,15-17,23H,1,10-14H2,2-8H3/b21-15+/t16-,17-,19-/m0/s1. The van der Waals surface area contributed by atoms with Crippen molar-refractivity contribution in [2.24, 2.45) is 15.9 Å². The zero-order valence-electron chi connectivity index (χ0n) is 16.8. The highest BCUT2D eigenvalue weighted by atomic mass is 16.5. The smallest absolute Gasteiger partial charge is 0.100 e. The number of ether oxygens (including phenoxy) is 1. The Morgan fingerprint density at radius 3 is 2.29 bits per heavy atom. The van der Waals surface area contributed by atoms with Gasteiger partial charge in [0.15, 0.2) is 0 Å². The lowest BCUT2D eigenvalue weighted by Crippen LogP contribution is -2.49. The monoisotopic (exact) mass is 338 g/mol. The van der Waals surface area contributed by atoms with Gasteiger partial charge in [-0.15, -0.1) is 6.58 Å². The molecule has 1 saturated heterocycles. The van der Waals surface area contributed by atoms with Gasteiger partial charge in [0.2, 0.25) is 0 Å². The zero-order chi connectivity index (χ0) is 18.6. The first-order valence-corrected chi connectivity index (χ1v) is 9.29. The summed E-state index contributed by atoms with van der Waals surface area (Å²) in [6.07, 6.45) is 7.00. The summed E-state index contributed by atoms with van der Waals surface area (Å²) in [5.74, 6) is 0. The third-order valence-electron chi connectivity index (χ3n) is 6.45. The number of hydrogen-bond donors (Lipinski definition) is 1. The van der Waals surface area contributed by atoms with E-state index in [2.05, 4.69) is 51.3 Å². The van der Waals surface area contributed by atoms with E-state index in [9.17, 15) is 5.11 Å². The molecule has 0 saturated carbocycles. The number of aliphatic hydroxyl groups is 1. The Bertz CT molecular complexity index is 429. The summed E-state index contributed by atoms with van der Waals surface area (Å²) in [6.45, 7) is 17.6. The predicted molar refractivity (Wildman–Crippen MR) is 102 cm³/mol. The topological polar surface area (TPSA) is 45.1 Å². The Kier molecular flexibility index (Phi) is 7.06. The fourth-order valence-electron chi connectivity index (χ4n) is 3.74. The predicted octanol–water partition coefficient (Wildman–Crippen LogP) is 4.24. The lowest BCUT2D eigenvalue weighted by Gasteiger charge is -2.42. The van der Waals surface area contributed by atoms with Crippen LogP contribution in [-0.2, 0) is 4.74 Å². The number of methoxy groups -OCH3 is 1. The van der Waals surface area contributed by atoms with Gasteiger partial charge < -0.3 is 9.84 Å². The van der Waals surface area contributed by atoms with Crippen LogP contribution in [0.5, 0.6) is 0 Å². The lowest BCUT2D eigenvalue weighted by molar-refractivity contribution is -0.0734. The molecule has 24 heavy (non-hydrogen) atoms. The molecule has 140 valence electrons. The number of nitrogens with zero attached hydrogens (tertiary/aromatic N) is 2. The molecule has 0 aromatic carbocycles. The highest BCUT2D eigenvalue weighted by molar-refractivity contribution is 5.64. The van der Waals surface area contributed by atoms with Crippen molar-refractivity contribution in [2.45, 2.75) is 85.0 Å². The average molecular weight is 339 g/mol. The van der Waals surface area contributed by atoms with E-state index < -0.39 is 11.5 Å². The molecule has 0 aliphatic carbocycles. The van der Waals surface area contributed by atoms with Crippen molar-refractivity contribution in [2.75, 3.05) is 13.7 Å². The van der Waals surface area contributed by atoms with E-state index in [1.54, 1.807) is 13.3 Å². The molecule has 4 heteroatoms. The van der Waals surface area contributed by atoms with E-state index in [4.69, 9.17) is 4.74 Å². The van der Waals surface area contributed by atoms with Crippen molar-refractivity contribution >= 4 is 6.21 Å². The molecular weight excluding hydrogens is 300 g/mol. The molecule has 1 rings (SSSR count). The van der Waals surface area contributed by atoms with Gasteiger partial charge in [0, 0.05) is 19.1 Å². The Hall–Kier alpha value is -0.870. The summed E-state index contributed by atoms with van der Waals surface area (Å²) < 4.78 is 5.91. The fraction of sp³-hybridized carbons (Fsp3) is 0.850. The Labute approximate surface area is 149 Å². The van der Waals surface area contributed by atoms with Crippen LogP contribution in [0.3, 0.4) is 0 Å². The maximum absolute atomic E-state index is 10.7. The van der Waals surface area contributed by atoms with Gasteiger partial charge in [-0.1, -0.05) is 47.6 Å². The largest absolute Gasteiger partial charge is 0.386 e. The molecule has 1 N–H and O–H groups in total. The van der Waals surface area contributed by atoms with Crippen LogP contribution in [0.4, 0.5) is 0 Å². The molecule has 4 nitrogen and oxygen atoms in total. The molecule has 0 spiro atoms. The molecule has 0 radical (unpaired) electrons. The third kappa shape index (κ3) is 3.85. The number of hydrogen-bond acceptors (Lipinski definition) is 4. The Morgan fingerprint density at radius 1 is 1.29 bits per heavy atom. The van der Waals surface area contributed by atoms with Gasteiger partial charge >= 0.3 is 0 Å². The van der Waals surface area contributed by atoms with Crippen molar-refractivity contribution in [1.82, 2.24) is 5.01 Å². The van der Waals surface area contributed by atoms with E-state index in [1.165, 1.54) is 0 Å². The van der Waals surface area contributed by atoms with Gasteiger partial charge in [-0.3, -0.25) is 5.01 Å². The van der Waals surface area contributed by atoms with Crippen LogP contribution in [0.1, 0.15) is 67.2 Å². The molecular formula is C20H38N2O2. The van der Waals surface area contributed by atoms with Gasteiger partial charge in [-0.2, -0.15) is 5.10 Å². The van der Waals surface area contributed by atoms with Crippen LogP contribution in [0.15, 0.2) is 17.8 Å². The van der Waals surface area contributed by atoms with Crippen LogP contribution < -0.4 is 0 Å². The van der Waals surface area contributed by atoms with E-state index in [0.717, 1.165) is 32.2 Å². The summed E-state index contributed by atoms with van der Waals surface area (Å²) >= 11 is 0. The maximum Gasteiger partial charge on any atom is 0.100 e. The summed E-state index contributed by atoms with van der Waals surface area (Å²) in [7, 11) is 1.80. The lowest BCUT2D eigenvalue weighted by atomic mass is 9.65. The number of rotatable bonds is 8. The number of aliphatic hydroxyl groups excluding tert-OH is 1. The number of hydrazone groups is 1. The first kappa shape index (κ1) is 21.2. The van der Waals surface area contributed by atoms with Gasteiger partial charge in [0.1, 0.15) is 6.10 Å². The van der Waals surface area contributed by atoms with Crippen molar-refractivity contribution in [1.29, 1.82) is 0 Å². The SMILES string of the molecule is C=C[C@@](C)([C@@H](O)/C=N/N1CCC[C@H]1C(CC)(CC)OC)C(C)(C)C. The van der Waals surface area contributed by atoms with Gasteiger partial charge in [-0.05, 0) is 31.1 Å². The van der Waals surface area contributed by atoms with Crippen LogP contribution >= 0.6 is 0 Å². The summed E-state index contributed by atoms with van der Waals surface area (Å²) in [4.78, 5) is 0. The molecule has 1 aliphatic heterocycles.